The molecule has 0 aliphatic rings. The molecule has 0 amide bonds. The molecule has 0 N–H and O–H groups in total. The van der Waals surface area contributed by atoms with Crippen LogP contribution in [0.2, 0.25) is 0 Å². The first-order valence-corrected chi connectivity index (χ1v) is 9.31. The summed E-state index contributed by atoms with van der Waals surface area (Å²) in [7, 11) is 0. The number of nitrogens with zero attached hydrogens (tertiary/aromatic N) is 1. The van der Waals surface area contributed by atoms with Crippen LogP contribution in [-0.2, 0) is 4.74 Å². The van der Waals surface area contributed by atoms with Crippen LogP contribution in [0, 0.1) is 0 Å². The molecule has 2 aromatic carbocycles. The highest BCUT2D eigenvalue weighted by atomic mass is 79.9. The summed E-state index contributed by atoms with van der Waals surface area (Å²) in [6, 6.07) is 17.4. The van der Waals surface area contributed by atoms with Crippen LogP contribution in [0.15, 0.2) is 59.1 Å². The number of para-hydroxylation sites is 1. The Bertz CT molecular complexity index is 875. The first-order valence-electron chi connectivity index (χ1n) is 8.52. The molecular weight excluding hydrogens is 378 g/mol. The summed E-state index contributed by atoms with van der Waals surface area (Å²) in [5, 5.41) is 0.823. The van der Waals surface area contributed by atoms with Crippen molar-refractivity contribution in [2.75, 3.05) is 6.61 Å². The van der Waals surface area contributed by atoms with E-state index in [1.165, 1.54) is 0 Å². The number of hydrogen-bond acceptors (Lipinski definition) is 3. The van der Waals surface area contributed by atoms with Gasteiger partial charge in [-0.25, -0.2) is 9.78 Å². The van der Waals surface area contributed by atoms with Gasteiger partial charge in [0.25, 0.3) is 0 Å². The number of aromatic nitrogens is 1. The highest BCUT2D eigenvalue weighted by Gasteiger charge is 2.15. The van der Waals surface area contributed by atoms with Crippen molar-refractivity contribution in [1.82, 2.24) is 4.98 Å². The third kappa shape index (κ3) is 4.26. The molecule has 3 aromatic rings. The molecule has 0 bridgehead atoms. The Morgan fingerprint density at radius 3 is 2.60 bits per heavy atom. The van der Waals surface area contributed by atoms with Crippen LogP contribution in [-0.4, -0.2) is 17.6 Å². The summed E-state index contributed by atoms with van der Waals surface area (Å²) >= 11 is 3.44. The van der Waals surface area contributed by atoms with Gasteiger partial charge < -0.3 is 4.74 Å². The molecule has 128 valence electrons. The van der Waals surface area contributed by atoms with E-state index in [-0.39, 0.29) is 5.97 Å². The van der Waals surface area contributed by atoms with Gasteiger partial charge >= 0.3 is 5.97 Å². The second-order valence-corrected chi connectivity index (χ2v) is 6.84. The van der Waals surface area contributed by atoms with Crippen molar-refractivity contribution >= 4 is 32.8 Å². The molecule has 1 heterocycles. The third-order valence-electron chi connectivity index (χ3n) is 4.06. The highest BCUT2D eigenvalue weighted by molar-refractivity contribution is 9.10. The summed E-state index contributed by atoms with van der Waals surface area (Å²) in [6.07, 6.45) is 3.06. The summed E-state index contributed by atoms with van der Waals surface area (Å²) in [5.41, 5.74) is 3.10. The van der Waals surface area contributed by atoms with Crippen molar-refractivity contribution < 1.29 is 9.53 Å². The van der Waals surface area contributed by atoms with Crippen LogP contribution >= 0.6 is 15.9 Å². The van der Waals surface area contributed by atoms with E-state index in [1.807, 2.05) is 54.6 Å². The van der Waals surface area contributed by atoms with Gasteiger partial charge in [0, 0.05) is 15.4 Å². The van der Waals surface area contributed by atoms with Gasteiger partial charge in [0.15, 0.2) is 0 Å². The Hall–Kier alpha value is -2.20. The maximum atomic E-state index is 12.6. The van der Waals surface area contributed by atoms with Crippen LogP contribution in [0.3, 0.4) is 0 Å². The van der Waals surface area contributed by atoms with Crippen molar-refractivity contribution in [2.24, 2.45) is 0 Å². The number of rotatable bonds is 6. The Balaban J connectivity index is 1.98. The average Bonchev–Trinajstić information content (AvgIpc) is 2.65. The smallest absolute Gasteiger partial charge is 0.338 e. The Kier molecular flexibility index (Phi) is 5.82. The number of ether oxygens (including phenoxy) is 1. The summed E-state index contributed by atoms with van der Waals surface area (Å²) in [6.45, 7) is 2.58. The maximum Gasteiger partial charge on any atom is 0.338 e. The Morgan fingerprint density at radius 2 is 1.84 bits per heavy atom. The lowest BCUT2D eigenvalue weighted by Crippen LogP contribution is -2.08. The van der Waals surface area contributed by atoms with Gasteiger partial charge in [0.1, 0.15) is 0 Å². The molecule has 3 rings (SSSR count). The number of esters is 1. The number of pyridine rings is 1. The molecule has 3 nitrogen and oxygen atoms in total. The monoisotopic (exact) mass is 397 g/mol. The SMILES string of the molecule is CCCCCOC(=O)c1cc(-c2ccc(Br)cc2)nc2ccccc12. The second-order valence-electron chi connectivity index (χ2n) is 5.92. The van der Waals surface area contributed by atoms with Crippen LogP contribution < -0.4 is 0 Å². The fourth-order valence-corrected chi connectivity index (χ4v) is 2.97. The molecular formula is C21H20BrNO2. The molecule has 0 radical (unpaired) electrons. The van der Waals surface area contributed by atoms with E-state index in [4.69, 9.17) is 9.72 Å². The first-order chi connectivity index (χ1) is 12.2. The number of unbranched alkanes of at least 4 members (excludes halogenated alkanes) is 2. The summed E-state index contributed by atoms with van der Waals surface area (Å²) in [5.74, 6) is -0.284. The molecule has 0 spiro atoms. The van der Waals surface area contributed by atoms with Crippen LogP contribution in [0.25, 0.3) is 22.2 Å². The van der Waals surface area contributed by atoms with E-state index < -0.39 is 0 Å². The van der Waals surface area contributed by atoms with Crippen LogP contribution in [0.1, 0.15) is 36.5 Å². The van der Waals surface area contributed by atoms with Crippen molar-refractivity contribution in [3.05, 3.63) is 64.6 Å². The molecule has 1 aromatic heterocycles. The van der Waals surface area contributed by atoms with E-state index in [9.17, 15) is 4.79 Å². The number of hydrogen-bond donors (Lipinski definition) is 0. The van der Waals surface area contributed by atoms with E-state index in [2.05, 4.69) is 22.9 Å². The van der Waals surface area contributed by atoms with Crippen molar-refractivity contribution in [1.29, 1.82) is 0 Å². The van der Waals surface area contributed by atoms with Crippen molar-refractivity contribution in [3.8, 4) is 11.3 Å². The zero-order chi connectivity index (χ0) is 17.6. The maximum absolute atomic E-state index is 12.6. The van der Waals surface area contributed by atoms with Gasteiger partial charge in [-0.3, -0.25) is 0 Å². The second kappa shape index (κ2) is 8.26. The molecule has 0 aliphatic heterocycles. The van der Waals surface area contributed by atoms with E-state index >= 15 is 0 Å². The first kappa shape index (κ1) is 17.6. The average molecular weight is 398 g/mol. The molecule has 4 heteroatoms. The van der Waals surface area contributed by atoms with Crippen LogP contribution in [0.4, 0.5) is 0 Å². The molecule has 0 atom stereocenters. The lowest BCUT2D eigenvalue weighted by Gasteiger charge is -2.10. The summed E-state index contributed by atoms with van der Waals surface area (Å²) < 4.78 is 6.48. The highest BCUT2D eigenvalue weighted by Crippen LogP contribution is 2.26. The van der Waals surface area contributed by atoms with Gasteiger partial charge in [-0.05, 0) is 30.7 Å². The topological polar surface area (TPSA) is 39.2 Å². The van der Waals surface area contributed by atoms with Gasteiger partial charge in [-0.2, -0.15) is 0 Å². The quantitative estimate of drug-likeness (QED) is 0.377. The summed E-state index contributed by atoms with van der Waals surface area (Å²) in [4.78, 5) is 17.3. The molecule has 0 aliphatic carbocycles. The lowest BCUT2D eigenvalue weighted by atomic mass is 10.0. The zero-order valence-corrected chi connectivity index (χ0v) is 15.8. The van der Waals surface area contributed by atoms with E-state index in [1.54, 1.807) is 0 Å². The third-order valence-corrected chi connectivity index (χ3v) is 4.59. The fourth-order valence-electron chi connectivity index (χ4n) is 2.71. The zero-order valence-electron chi connectivity index (χ0n) is 14.2. The van der Waals surface area contributed by atoms with E-state index in [0.29, 0.717) is 12.2 Å². The van der Waals surface area contributed by atoms with Gasteiger partial charge in [-0.1, -0.05) is 66.0 Å². The minimum atomic E-state index is -0.284. The Labute approximate surface area is 156 Å². The number of benzene rings is 2. The minimum absolute atomic E-state index is 0.284. The van der Waals surface area contributed by atoms with Gasteiger partial charge in [0.05, 0.1) is 23.4 Å². The van der Waals surface area contributed by atoms with E-state index in [0.717, 1.165) is 45.9 Å². The number of halogens is 1. The largest absolute Gasteiger partial charge is 0.462 e. The van der Waals surface area contributed by atoms with Gasteiger partial charge in [-0.15, -0.1) is 0 Å². The Morgan fingerprint density at radius 1 is 1.08 bits per heavy atom. The molecule has 25 heavy (non-hydrogen) atoms. The number of carbonyl (C=O) groups is 1. The number of carbonyl (C=O) groups excluding carboxylic acids is 1. The standard InChI is InChI=1S/C21H20BrNO2/c1-2-3-6-13-25-21(24)18-14-20(15-9-11-16(22)12-10-15)23-19-8-5-4-7-17(18)19/h4-5,7-12,14H,2-3,6,13H2,1H3. The predicted molar refractivity (Wildman–Crippen MR) is 105 cm³/mol. The predicted octanol–water partition coefficient (Wildman–Crippen LogP) is 6.01. The molecule has 0 fully saturated rings. The lowest BCUT2D eigenvalue weighted by molar-refractivity contribution is 0.0500. The van der Waals surface area contributed by atoms with Gasteiger partial charge in [0.2, 0.25) is 0 Å². The minimum Gasteiger partial charge on any atom is -0.462 e. The van der Waals surface area contributed by atoms with Crippen molar-refractivity contribution in [3.63, 3.8) is 0 Å². The van der Waals surface area contributed by atoms with Crippen LogP contribution in [0.5, 0.6) is 0 Å². The number of fused-ring (bicyclic) bond motifs is 1. The van der Waals surface area contributed by atoms with Crippen molar-refractivity contribution in [2.45, 2.75) is 26.2 Å². The fraction of sp³-hybridized carbons (Fsp3) is 0.238. The molecule has 0 saturated heterocycles. The normalized spacial score (nSPS) is 10.8. The molecule has 0 unspecified atom stereocenters. The molecule has 0 saturated carbocycles.